The molecule has 0 radical (unpaired) electrons. The minimum Gasteiger partial charge on any atom is -0.387 e. The van der Waals surface area contributed by atoms with Crippen LogP contribution in [0.25, 0.3) is 0 Å². The Kier molecular flexibility index (Phi) is 6.16. The van der Waals surface area contributed by atoms with Crippen molar-refractivity contribution in [2.24, 2.45) is 0 Å². The highest BCUT2D eigenvalue weighted by atomic mass is 19.3. The lowest BCUT2D eigenvalue weighted by molar-refractivity contribution is 0.0856. The van der Waals surface area contributed by atoms with Gasteiger partial charge in [0.25, 0.3) is 6.43 Å². The zero-order valence-electron chi connectivity index (χ0n) is 12.2. The zero-order valence-corrected chi connectivity index (χ0v) is 12.2. The minimum atomic E-state index is -2.36. The van der Waals surface area contributed by atoms with E-state index in [2.05, 4.69) is 0 Å². The monoisotopic (exact) mass is 320 g/mol. The van der Waals surface area contributed by atoms with E-state index < -0.39 is 24.2 Å². The first-order valence-corrected chi connectivity index (χ1v) is 7.31. The number of benzene rings is 1. The summed E-state index contributed by atoms with van der Waals surface area (Å²) < 4.78 is 51.6. The summed E-state index contributed by atoms with van der Waals surface area (Å²) in [5, 5.41) is 10.1. The molecule has 1 aromatic carbocycles. The van der Waals surface area contributed by atoms with E-state index >= 15 is 0 Å². The van der Waals surface area contributed by atoms with Crippen LogP contribution in [-0.2, 0) is 0 Å². The van der Waals surface area contributed by atoms with E-state index in [1.165, 1.54) is 0 Å². The average molecular weight is 320 g/mol. The van der Waals surface area contributed by atoms with Gasteiger partial charge in [0.15, 0.2) is 0 Å². The van der Waals surface area contributed by atoms with Gasteiger partial charge in [0.2, 0.25) is 0 Å². The number of rotatable bonds is 5. The smallest absolute Gasteiger partial charge is 0.251 e. The van der Waals surface area contributed by atoms with Crippen LogP contribution in [0.5, 0.6) is 0 Å². The summed E-state index contributed by atoms with van der Waals surface area (Å²) in [6, 6.07) is 2.97. The Morgan fingerprint density at radius 1 is 1.00 bits per heavy atom. The fourth-order valence-electron chi connectivity index (χ4n) is 2.70. The first kappa shape index (κ1) is 17.2. The first-order chi connectivity index (χ1) is 10.5. The van der Waals surface area contributed by atoms with E-state index in [0.29, 0.717) is 32.6 Å². The Labute approximate surface area is 127 Å². The molecule has 0 saturated carbocycles. The summed E-state index contributed by atoms with van der Waals surface area (Å²) in [6.45, 7) is 2.10. The highest BCUT2D eigenvalue weighted by molar-refractivity contribution is 5.21. The molecule has 1 N–H and O–H groups in total. The van der Waals surface area contributed by atoms with Crippen molar-refractivity contribution in [3.05, 3.63) is 35.4 Å². The van der Waals surface area contributed by atoms with Gasteiger partial charge < -0.3 is 5.11 Å². The summed E-state index contributed by atoms with van der Waals surface area (Å²) in [7, 11) is 0. The number of aliphatic hydroxyl groups is 1. The maximum Gasteiger partial charge on any atom is 0.251 e. The van der Waals surface area contributed by atoms with Crippen molar-refractivity contribution in [1.82, 2.24) is 9.80 Å². The third-order valence-corrected chi connectivity index (χ3v) is 3.83. The van der Waals surface area contributed by atoms with Gasteiger partial charge in [-0.3, -0.25) is 9.80 Å². The van der Waals surface area contributed by atoms with E-state index in [-0.39, 0.29) is 18.7 Å². The molecule has 1 saturated heterocycles. The van der Waals surface area contributed by atoms with Crippen LogP contribution in [0.3, 0.4) is 0 Å². The topological polar surface area (TPSA) is 26.7 Å². The second-order valence-corrected chi connectivity index (χ2v) is 5.53. The van der Waals surface area contributed by atoms with E-state index in [1.54, 1.807) is 4.90 Å². The highest BCUT2D eigenvalue weighted by Crippen LogP contribution is 2.20. The molecule has 2 rings (SSSR count). The van der Waals surface area contributed by atoms with E-state index in [0.717, 1.165) is 18.2 Å². The van der Waals surface area contributed by atoms with Crippen LogP contribution in [0, 0.1) is 11.6 Å². The molecular weight excluding hydrogens is 300 g/mol. The SMILES string of the molecule is OC(CN1CCCN(CC(F)F)CC1)c1cc(F)ccc1F. The molecule has 3 nitrogen and oxygen atoms in total. The summed E-state index contributed by atoms with van der Waals surface area (Å²) in [5.74, 6) is -1.25. The number of nitrogens with zero attached hydrogens (tertiary/aromatic N) is 2. The third-order valence-electron chi connectivity index (χ3n) is 3.83. The summed E-state index contributed by atoms with van der Waals surface area (Å²) in [4.78, 5) is 3.57. The minimum absolute atomic E-state index is 0.0753. The largest absolute Gasteiger partial charge is 0.387 e. The molecule has 0 spiro atoms. The molecular formula is C15H20F4N2O. The van der Waals surface area contributed by atoms with Crippen molar-refractivity contribution in [2.45, 2.75) is 19.0 Å². The fraction of sp³-hybridized carbons (Fsp3) is 0.600. The number of halogens is 4. The molecule has 1 atom stereocenters. The van der Waals surface area contributed by atoms with Crippen molar-refractivity contribution >= 4 is 0 Å². The van der Waals surface area contributed by atoms with Crippen molar-refractivity contribution in [2.75, 3.05) is 39.3 Å². The van der Waals surface area contributed by atoms with Crippen LogP contribution >= 0.6 is 0 Å². The molecule has 1 fully saturated rings. The predicted molar refractivity (Wildman–Crippen MR) is 74.8 cm³/mol. The van der Waals surface area contributed by atoms with Gasteiger partial charge in [0.1, 0.15) is 11.6 Å². The van der Waals surface area contributed by atoms with Crippen LogP contribution in [0.2, 0.25) is 0 Å². The van der Waals surface area contributed by atoms with Gasteiger partial charge in [0.05, 0.1) is 12.6 Å². The number of alkyl halides is 2. The Hall–Kier alpha value is -1.18. The number of hydrogen-bond acceptors (Lipinski definition) is 3. The molecule has 22 heavy (non-hydrogen) atoms. The van der Waals surface area contributed by atoms with Gasteiger partial charge in [-0.25, -0.2) is 17.6 Å². The molecule has 1 aromatic rings. The Balaban J connectivity index is 1.91. The van der Waals surface area contributed by atoms with E-state index in [1.807, 2.05) is 4.90 Å². The molecule has 1 aliphatic rings. The predicted octanol–water partition coefficient (Wildman–Crippen LogP) is 2.27. The van der Waals surface area contributed by atoms with Gasteiger partial charge in [-0.05, 0) is 37.7 Å². The fourth-order valence-corrected chi connectivity index (χ4v) is 2.70. The van der Waals surface area contributed by atoms with Crippen LogP contribution in [0.4, 0.5) is 17.6 Å². The average Bonchev–Trinajstić information content (AvgIpc) is 2.66. The van der Waals surface area contributed by atoms with Gasteiger partial charge >= 0.3 is 0 Å². The summed E-state index contributed by atoms with van der Waals surface area (Å²) in [6.07, 6.45) is -2.80. The number of aliphatic hydroxyl groups excluding tert-OH is 1. The number of β-amino-alcohol motifs (C(OH)–C–C–N with tert-alkyl or cyclic N) is 1. The van der Waals surface area contributed by atoms with Gasteiger partial charge in [-0.2, -0.15) is 0 Å². The van der Waals surface area contributed by atoms with Crippen LogP contribution in [0.1, 0.15) is 18.1 Å². The molecule has 0 amide bonds. The molecule has 7 heteroatoms. The lowest BCUT2D eigenvalue weighted by atomic mass is 10.1. The Morgan fingerprint density at radius 2 is 1.64 bits per heavy atom. The van der Waals surface area contributed by atoms with Crippen molar-refractivity contribution in [3.63, 3.8) is 0 Å². The lowest BCUT2D eigenvalue weighted by Crippen LogP contribution is -2.35. The first-order valence-electron chi connectivity index (χ1n) is 7.31. The second kappa shape index (κ2) is 7.89. The van der Waals surface area contributed by atoms with Crippen molar-refractivity contribution in [1.29, 1.82) is 0 Å². The van der Waals surface area contributed by atoms with Crippen LogP contribution < -0.4 is 0 Å². The molecule has 1 aliphatic heterocycles. The maximum absolute atomic E-state index is 13.6. The summed E-state index contributed by atoms with van der Waals surface area (Å²) >= 11 is 0. The van der Waals surface area contributed by atoms with Gasteiger partial charge in [0, 0.05) is 25.2 Å². The maximum atomic E-state index is 13.6. The van der Waals surface area contributed by atoms with Gasteiger partial charge in [-0.1, -0.05) is 0 Å². The van der Waals surface area contributed by atoms with E-state index in [4.69, 9.17) is 0 Å². The third kappa shape index (κ3) is 4.93. The van der Waals surface area contributed by atoms with Crippen molar-refractivity contribution < 1.29 is 22.7 Å². The molecule has 1 heterocycles. The van der Waals surface area contributed by atoms with Crippen LogP contribution in [0.15, 0.2) is 18.2 Å². The summed E-state index contributed by atoms with van der Waals surface area (Å²) in [5.41, 5.74) is -0.0753. The second-order valence-electron chi connectivity index (χ2n) is 5.53. The van der Waals surface area contributed by atoms with Crippen LogP contribution in [-0.4, -0.2) is 60.6 Å². The lowest BCUT2D eigenvalue weighted by Gasteiger charge is -2.24. The highest BCUT2D eigenvalue weighted by Gasteiger charge is 2.21. The Bertz CT molecular complexity index is 487. The molecule has 124 valence electrons. The zero-order chi connectivity index (χ0) is 16.1. The molecule has 0 aliphatic carbocycles. The Morgan fingerprint density at radius 3 is 2.27 bits per heavy atom. The van der Waals surface area contributed by atoms with E-state index in [9.17, 15) is 22.7 Å². The molecule has 0 aromatic heterocycles. The van der Waals surface area contributed by atoms with Crippen molar-refractivity contribution in [3.8, 4) is 0 Å². The quantitative estimate of drug-likeness (QED) is 0.843. The molecule has 1 unspecified atom stereocenters. The van der Waals surface area contributed by atoms with Gasteiger partial charge in [-0.15, -0.1) is 0 Å². The normalized spacial score (nSPS) is 19.4. The number of hydrogen-bond donors (Lipinski definition) is 1. The standard InChI is InChI=1S/C15H20F4N2O/c16-11-2-3-13(17)12(8-11)14(22)9-20-4-1-5-21(7-6-20)10-15(18)19/h2-3,8,14-15,22H,1,4-7,9-10H2. The molecule has 0 bridgehead atoms.